The maximum absolute atomic E-state index is 12.7. The summed E-state index contributed by atoms with van der Waals surface area (Å²) in [4.78, 5) is 36.9. The minimum atomic E-state index is -1.63. The molecule has 2 atom stereocenters. The lowest BCUT2D eigenvalue weighted by atomic mass is 10.1. The van der Waals surface area contributed by atoms with Gasteiger partial charge in [-0.25, -0.2) is 0 Å². The fourth-order valence-electron chi connectivity index (χ4n) is 5.21. The van der Waals surface area contributed by atoms with E-state index in [2.05, 4.69) is 86.8 Å². The highest BCUT2D eigenvalue weighted by Crippen LogP contribution is 2.12. The molecule has 0 aliphatic carbocycles. The number of carbonyl (C=O) groups excluding carboxylic acids is 3. The number of hydrogen-bond acceptors (Lipinski definition) is 8. The summed E-state index contributed by atoms with van der Waals surface area (Å²) in [6.07, 6.45) is 42.2. The Kier molecular flexibility index (Phi) is 35.4. The zero-order valence-corrected chi connectivity index (χ0v) is 35.3. The number of carbonyl (C=O) groups is 3. The number of aliphatic carboxylic acids is 1. The Labute approximate surface area is 335 Å². The number of likely N-dealkylation sites (N-methyl/N-ethyl adjacent to an activating group) is 1. The first-order valence-electron chi connectivity index (χ1n) is 21.1. The van der Waals surface area contributed by atoms with Crippen LogP contribution in [0.5, 0.6) is 0 Å². The van der Waals surface area contributed by atoms with Gasteiger partial charge in [0.1, 0.15) is 13.2 Å². The van der Waals surface area contributed by atoms with Crippen LogP contribution in [0, 0.1) is 0 Å². The third-order valence-electron chi connectivity index (χ3n) is 8.45. The van der Waals surface area contributed by atoms with Crippen LogP contribution in [-0.4, -0.2) is 82.3 Å². The number of carboxylic acids is 1. The minimum Gasteiger partial charge on any atom is -0.545 e. The lowest BCUT2D eigenvalue weighted by Crippen LogP contribution is -2.44. The highest BCUT2D eigenvalue weighted by molar-refractivity contribution is 5.70. The number of unbranched alkanes of at least 4 members (excludes halogenated alkanes) is 10. The SMILES string of the molecule is CC/C=C\C/C=C\C/C=C\CCCCCCCCCC(=O)OC(COC(=O)CCCCC/C=C\C/C=C\C/C=C\CC)COC(OCC[N+](C)(C)C)C(=O)[O-]. The lowest BCUT2D eigenvalue weighted by molar-refractivity contribution is -0.870. The van der Waals surface area contributed by atoms with Crippen LogP contribution in [0.2, 0.25) is 0 Å². The van der Waals surface area contributed by atoms with Crippen LogP contribution < -0.4 is 5.11 Å². The molecule has 0 radical (unpaired) electrons. The van der Waals surface area contributed by atoms with Gasteiger partial charge in [-0.3, -0.25) is 9.59 Å². The van der Waals surface area contributed by atoms with Gasteiger partial charge in [0, 0.05) is 12.8 Å². The van der Waals surface area contributed by atoms with Gasteiger partial charge in [-0.15, -0.1) is 0 Å². The summed E-state index contributed by atoms with van der Waals surface area (Å²) < 4.78 is 22.5. The predicted molar refractivity (Wildman–Crippen MR) is 223 cm³/mol. The molecule has 0 aromatic rings. The van der Waals surface area contributed by atoms with Crippen LogP contribution >= 0.6 is 0 Å². The number of esters is 2. The summed E-state index contributed by atoms with van der Waals surface area (Å²) in [6.45, 7) is 4.43. The summed E-state index contributed by atoms with van der Waals surface area (Å²) in [5.41, 5.74) is 0. The molecule has 0 bridgehead atoms. The molecule has 0 spiro atoms. The van der Waals surface area contributed by atoms with Crippen molar-refractivity contribution in [2.75, 3.05) is 47.5 Å². The molecule has 0 aliphatic rings. The van der Waals surface area contributed by atoms with E-state index in [9.17, 15) is 19.5 Å². The van der Waals surface area contributed by atoms with Crippen LogP contribution in [0.4, 0.5) is 0 Å². The Morgan fingerprint density at radius 3 is 1.47 bits per heavy atom. The van der Waals surface area contributed by atoms with Crippen molar-refractivity contribution in [3.8, 4) is 0 Å². The molecule has 9 nitrogen and oxygen atoms in total. The van der Waals surface area contributed by atoms with Crippen LogP contribution in [0.25, 0.3) is 0 Å². The number of ether oxygens (including phenoxy) is 4. The van der Waals surface area contributed by atoms with Crippen molar-refractivity contribution in [2.24, 2.45) is 0 Å². The molecule has 0 N–H and O–H groups in total. The van der Waals surface area contributed by atoms with Crippen LogP contribution in [0.15, 0.2) is 72.9 Å². The number of quaternary nitrogens is 1. The van der Waals surface area contributed by atoms with E-state index in [1.54, 1.807) is 0 Å². The van der Waals surface area contributed by atoms with Crippen LogP contribution in [0.3, 0.4) is 0 Å². The highest BCUT2D eigenvalue weighted by atomic mass is 16.7. The zero-order valence-electron chi connectivity index (χ0n) is 35.3. The maximum atomic E-state index is 12.7. The molecule has 9 heteroatoms. The van der Waals surface area contributed by atoms with Gasteiger partial charge in [0.15, 0.2) is 12.4 Å². The third kappa shape index (κ3) is 38.8. The fourth-order valence-corrected chi connectivity index (χ4v) is 5.21. The van der Waals surface area contributed by atoms with E-state index < -0.39 is 30.3 Å². The molecule has 0 saturated carbocycles. The number of nitrogens with zero attached hydrogens (tertiary/aromatic N) is 1. The topological polar surface area (TPSA) is 111 Å². The van der Waals surface area contributed by atoms with Crippen molar-refractivity contribution >= 4 is 17.9 Å². The van der Waals surface area contributed by atoms with Crippen molar-refractivity contribution in [3.63, 3.8) is 0 Å². The largest absolute Gasteiger partial charge is 0.545 e. The molecule has 0 amide bonds. The molecule has 0 saturated heterocycles. The van der Waals surface area contributed by atoms with E-state index in [1.165, 1.54) is 19.3 Å². The molecule has 0 heterocycles. The van der Waals surface area contributed by atoms with Gasteiger partial charge in [0.2, 0.25) is 0 Å². The van der Waals surface area contributed by atoms with Gasteiger partial charge in [-0.1, -0.05) is 125 Å². The quantitative estimate of drug-likeness (QED) is 0.0202. The summed E-state index contributed by atoms with van der Waals surface area (Å²) in [5.74, 6) is -2.35. The Bertz CT molecular complexity index is 1130. The first kappa shape index (κ1) is 51.7. The molecule has 314 valence electrons. The Morgan fingerprint density at radius 2 is 0.982 bits per heavy atom. The normalized spacial score (nSPS) is 13.7. The van der Waals surface area contributed by atoms with Crippen LogP contribution in [-0.2, 0) is 33.3 Å². The van der Waals surface area contributed by atoms with E-state index in [4.69, 9.17) is 18.9 Å². The van der Waals surface area contributed by atoms with Crippen molar-refractivity contribution < 1.29 is 42.9 Å². The molecular weight excluding hydrogens is 695 g/mol. The van der Waals surface area contributed by atoms with Gasteiger partial charge >= 0.3 is 11.9 Å². The predicted octanol–water partition coefficient (Wildman–Crippen LogP) is 9.44. The second-order valence-corrected chi connectivity index (χ2v) is 14.9. The Hall–Kier alpha value is -3.27. The summed E-state index contributed by atoms with van der Waals surface area (Å²) in [6, 6.07) is 0. The monoisotopic (exact) mass is 772 g/mol. The average Bonchev–Trinajstić information content (AvgIpc) is 3.14. The van der Waals surface area contributed by atoms with Gasteiger partial charge < -0.3 is 33.3 Å². The maximum Gasteiger partial charge on any atom is 0.306 e. The van der Waals surface area contributed by atoms with E-state index in [0.717, 1.165) is 83.5 Å². The molecular formula is C46H77NO8. The molecule has 2 unspecified atom stereocenters. The van der Waals surface area contributed by atoms with Crippen molar-refractivity contribution in [2.45, 2.75) is 155 Å². The fraction of sp³-hybridized carbons (Fsp3) is 0.674. The van der Waals surface area contributed by atoms with Gasteiger partial charge in [-0.2, -0.15) is 0 Å². The van der Waals surface area contributed by atoms with E-state index in [-0.39, 0.29) is 32.7 Å². The average molecular weight is 772 g/mol. The zero-order chi connectivity index (χ0) is 40.7. The lowest BCUT2D eigenvalue weighted by Gasteiger charge is -2.26. The van der Waals surface area contributed by atoms with Crippen molar-refractivity contribution in [1.29, 1.82) is 0 Å². The minimum absolute atomic E-state index is 0.137. The summed E-state index contributed by atoms with van der Waals surface area (Å²) in [7, 11) is 5.88. The number of rotatable bonds is 37. The molecule has 0 aromatic heterocycles. The number of carboxylic acid groups (broad SMARTS) is 1. The Balaban J connectivity index is 4.54. The molecule has 0 aromatic carbocycles. The van der Waals surface area contributed by atoms with E-state index in [0.29, 0.717) is 23.9 Å². The second kappa shape index (κ2) is 37.6. The standard InChI is InChI=1S/C46H77NO8/c1-6-8-10-12-14-16-18-20-21-22-23-25-27-29-31-33-35-37-44(49)55-42(41-54-46(45(50)51)52-39-38-47(3,4)5)40-53-43(48)36-34-32-30-28-26-24-19-17-15-13-11-9-7-2/h8-11,14-17,20-21,24,26,42,46H,6-7,12-13,18-19,22-23,25,27-41H2,1-5H3/b10-8-,11-9-,16-14-,17-15-,21-20-,26-24-. The molecule has 55 heavy (non-hydrogen) atoms. The Morgan fingerprint density at radius 1 is 0.545 bits per heavy atom. The van der Waals surface area contributed by atoms with Crippen molar-refractivity contribution in [3.05, 3.63) is 72.9 Å². The van der Waals surface area contributed by atoms with Crippen LogP contribution in [0.1, 0.15) is 142 Å². The first-order valence-corrected chi connectivity index (χ1v) is 21.1. The van der Waals surface area contributed by atoms with Gasteiger partial charge in [0.05, 0.1) is 40.3 Å². The van der Waals surface area contributed by atoms with Gasteiger partial charge in [0.25, 0.3) is 0 Å². The van der Waals surface area contributed by atoms with Crippen molar-refractivity contribution in [1.82, 2.24) is 0 Å². The number of hydrogen-bond donors (Lipinski definition) is 0. The molecule has 0 rings (SSSR count). The molecule has 0 aliphatic heterocycles. The number of allylic oxidation sites excluding steroid dienone is 12. The van der Waals surface area contributed by atoms with Gasteiger partial charge in [-0.05, 0) is 77.0 Å². The molecule has 0 fully saturated rings. The first-order chi connectivity index (χ1) is 26.6. The highest BCUT2D eigenvalue weighted by Gasteiger charge is 2.21. The van der Waals surface area contributed by atoms with E-state index >= 15 is 0 Å². The smallest absolute Gasteiger partial charge is 0.306 e. The third-order valence-corrected chi connectivity index (χ3v) is 8.45. The van der Waals surface area contributed by atoms with E-state index in [1.807, 2.05) is 21.1 Å². The second-order valence-electron chi connectivity index (χ2n) is 14.9. The summed E-state index contributed by atoms with van der Waals surface area (Å²) in [5, 5.41) is 11.7. The summed E-state index contributed by atoms with van der Waals surface area (Å²) >= 11 is 0.